The number of aromatic hydroxyl groups is 1. The Bertz CT molecular complexity index is 797. The molecule has 0 saturated carbocycles. The Kier molecular flexibility index (Phi) is 9.23. The average Bonchev–Trinajstić information content (AvgIpc) is 2.65. The summed E-state index contributed by atoms with van der Waals surface area (Å²) in [7, 11) is 0. The van der Waals surface area contributed by atoms with Gasteiger partial charge < -0.3 is 38.7 Å². The summed E-state index contributed by atoms with van der Waals surface area (Å²) >= 11 is 0. The van der Waals surface area contributed by atoms with Crippen molar-refractivity contribution in [1.82, 2.24) is 10.6 Å². The number of primary amides is 3. The number of carbonyl (C=O) groups is 5. The summed E-state index contributed by atoms with van der Waals surface area (Å²) in [4.78, 5) is 58.5. The van der Waals surface area contributed by atoms with Gasteiger partial charge in [0.2, 0.25) is 29.5 Å². The number of hydrogen-bond acceptors (Lipinski definition) is 7. The van der Waals surface area contributed by atoms with Crippen molar-refractivity contribution in [3.8, 4) is 5.75 Å². The topological polar surface area (TPSA) is 234 Å². The Morgan fingerprint density at radius 3 is 1.93 bits per heavy atom. The highest BCUT2D eigenvalue weighted by molar-refractivity contribution is 5.94. The fourth-order valence-corrected chi connectivity index (χ4v) is 2.48. The van der Waals surface area contributed by atoms with Gasteiger partial charge in [-0.1, -0.05) is 12.1 Å². The first-order valence-electron chi connectivity index (χ1n) is 8.99. The van der Waals surface area contributed by atoms with Gasteiger partial charge in [0.1, 0.15) is 17.8 Å². The second-order valence-corrected chi connectivity index (χ2v) is 6.68. The fraction of sp³-hybridized carbons (Fsp3) is 0.389. The maximum Gasteiger partial charge on any atom is 0.243 e. The van der Waals surface area contributed by atoms with Crippen molar-refractivity contribution in [3.63, 3.8) is 0 Å². The fourth-order valence-electron chi connectivity index (χ4n) is 2.48. The van der Waals surface area contributed by atoms with Crippen LogP contribution in [0.25, 0.3) is 0 Å². The van der Waals surface area contributed by atoms with E-state index in [9.17, 15) is 29.1 Å². The lowest BCUT2D eigenvalue weighted by Gasteiger charge is -2.23. The van der Waals surface area contributed by atoms with E-state index >= 15 is 0 Å². The molecule has 0 bridgehead atoms. The molecule has 0 unspecified atom stereocenters. The highest BCUT2D eigenvalue weighted by Gasteiger charge is 2.28. The lowest BCUT2D eigenvalue weighted by molar-refractivity contribution is -0.132. The Hall–Kier alpha value is -3.67. The zero-order valence-corrected chi connectivity index (χ0v) is 16.2. The summed E-state index contributed by atoms with van der Waals surface area (Å²) in [6.07, 6.45) is -0.687. The second-order valence-electron chi connectivity index (χ2n) is 6.68. The molecule has 0 aromatic heterocycles. The predicted molar refractivity (Wildman–Crippen MR) is 105 cm³/mol. The monoisotopic (exact) mass is 422 g/mol. The van der Waals surface area contributed by atoms with Gasteiger partial charge in [0, 0.05) is 12.8 Å². The summed E-state index contributed by atoms with van der Waals surface area (Å²) in [5, 5.41) is 14.1. The van der Waals surface area contributed by atoms with Crippen LogP contribution < -0.4 is 33.6 Å². The molecule has 164 valence electrons. The van der Waals surface area contributed by atoms with Gasteiger partial charge in [0.15, 0.2) is 0 Å². The Morgan fingerprint density at radius 1 is 0.867 bits per heavy atom. The SMILES string of the molecule is NC(=O)CC[C@H](N)C(=O)N[C@@H](Cc1ccc(O)cc1)C(=O)N[C@@H](CC(N)=O)C(N)=O. The molecule has 11 N–H and O–H groups in total. The van der Waals surface area contributed by atoms with Crippen LogP contribution >= 0.6 is 0 Å². The van der Waals surface area contributed by atoms with Gasteiger partial charge in [-0.05, 0) is 24.1 Å². The van der Waals surface area contributed by atoms with E-state index in [0.29, 0.717) is 5.56 Å². The standard InChI is InChI=1S/C18H26N6O6/c19-11(5-6-14(20)26)17(29)24-13(7-9-1-3-10(25)4-2-9)18(30)23-12(16(22)28)8-15(21)27/h1-4,11-13,25H,5-8,19H2,(H2,20,26)(H2,21,27)(H2,22,28)(H,23,30)(H,24,29)/t11-,12-,13-/m0/s1. The van der Waals surface area contributed by atoms with Crippen molar-refractivity contribution in [1.29, 1.82) is 0 Å². The molecule has 1 rings (SSSR count). The smallest absolute Gasteiger partial charge is 0.243 e. The predicted octanol–water partition coefficient (Wildman–Crippen LogP) is -3.14. The molecule has 0 saturated heterocycles. The first-order chi connectivity index (χ1) is 14.0. The Labute approximate surface area is 172 Å². The van der Waals surface area contributed by atoms with Crippen LogP contribution in [0, 0.1) is 0 Å². The van der Waals surface area contributed by atoms with Gasteiger partial charge in [-0.2, -0.15) is 0 Å². The summed E-state index contributed by atoms with van der Waals surface area (Å²) in [6.45, 7) is 0. The summed E-state index contributed by atoms with van der Waals surface area (Å²) in [5.74, 6) is -3.98. The number of carbonyl (C=O) groups excluding carboxylic acids is 5. The number of phenolic OH excluding ortho intramolecular Hbond substituents is 1. The quantitative estimate of drug-likeness (QED) is 0.182. The van der Waals surface area contributed by atoms with E-state index in [1.54, 1.807) is 0 Å². The number of rotatable bonds is 12. The van der Waals surface area contributed by atoms with Crippen LogP contribution in [0.1, 0.15) is 24.8 Å². The Balaban J connectivity index is 2.97. The molecule has 0 aliphatic rings. The van der Waals surface area contributed by atoms with Gasteiger partial charge >= 0.3 is 0 Å². The third-order valence-electron chi connectivity index (χ3n) is 4.11. The number of hydrogen-bond donors (Lipinski definition) is 7. The zero-order valence-electron chi connectivity index (χ0n) is 16.2. The molecular weight excluding hydrogens is 396 g/mol. The molecule has 1 aromatic carbocycles. The molecule has 0 radical (unpaired) electrons. The third-order valence-corrected chi connectivity index (χ3v) is 4.11. The molecule has 12 nitrogen and oxygen atoms in total. The minimum Gasteiger partial charge on any atom is -0.508 e. The van der Waals surface area contributed by atoms with Crippen molar-refractivity contribution in [3.05, 3.63) is 29.8 Å². The van der Waals surface area contributed by atoms with E-state index in [-0.39, 0.29) is 25.0 Å². The van der Waals surface area contributed by atoms with Gasteiger partial charge in [-0.3, -0.25) is 24.0 Å². The third kappa shape index (κ3) is 8.56. The molecule has 0 fully saturated rings. The molecule has 30 heavy (non-hydrogen) atoms. The van der Waals surface area contributed by atoms with Crippen LogP contribution in [-0.4, -0.2) is 52.8 Å². The number of amides is 5. The second kappa shape index (κ2) is 11.4. The largest absolute Gasteiger partial charge is 0.508 e. The molecule has 12 heteroatoms. The van der Waals surface area contributed by atoms with Crippen LogP contribution in [0.5, 0.6) is 5.75 Å². The van der Waals surface area contributed by atoms with Crippen molar-refractivity contribution in [2.24, 2.45) is 22.9 Å². The molecule has 0 aliphatic heterocycles. The molecule has 5 amide bonds. The van der Waals surface area contributed by atoms with E-state index in [2.05, 4.69) is 10.6 Å². The molecule has 3 atom stereocenters. The van der Waals surface area contributed by atoms with Gasteiger partial charge in [-0.25, -0.2) is 0 Å². The average molecular weight is 422 g/mol. The molecule has 1 aromatic rings. The van der Waals surface area contributed by atoms with Crippen LogP contribution in [0.2, 0.25) is 0 Å². The van der Waals surface area contributed by atoms with E-state index in [4.69, 9.17) is 22.9 Å². The Morgan fingerprint density at radius 2 is 1.43 bits per heavy atom. The van der Waals surface area contributed by atoms with E-state index in [1.807, 2.05) is 0 Å². The first kappa shape index (κ1) is 24.4. The normalized spacial score (nSPS) is 13.5. The minimum absolute atomic E-state index is 0.00696. The van der Waals surface area contributed by atoms with Crippen molar-refractivity contribution in [2.75, 3.05) is 0 Å². The van der Waals surface area contributed by atoms with Crippen LogP contribution in [0.4, 0.5) is 0 Å². The van der Waals surface area contributed by atoms with Crippen molar-refractivity contribution >= 4 is 29.5 Å². The molecular formula is C18H26N6O6. The van der Waals surface area contributed by atoms with E-state index < -0.39 is 54.1 Å². The summed E-state index contributed by atoms with van der Waals surface area (Å²) in [5.41, 5.74) is 21.6. The number of benzene rings is 1. The van der Waals surface area contributed by atoms with Crippen LogP contribution in [0.3, 0.4) is 0 Å². The van der Waals surface area contributed by atoms with E-state index in [0.717, 1.165) is 0 Å². The summed E-state index contributed by atoms with van der Waals surface area (Å²) < 4.78 is 0. The lowest BCUT2D eigenvalue weighted by atomic mass is 10.0. The molecule has 0 heterocycles. The minimum atomic E-state index is -1.36. The zero-order chi connectivity index (χ0) is 22.8. The van der Waals surface area contributed by atoms with E-state index in [1.165, 1.54) is 24.3 Å². The number of nitrogens with one attached hydrogen (secondary N) is 2. The maximum atomic E-state index is 12.7. The van der Waals surface area contributed by atoms with Crippen LogP contribution in [-0.2, 0) is 30.4 Å². The van der Waals surface area contributed by atoms with Gasteiger partial charge in [-0.15, -0.1) is 0 Å². The van der Waals surface area contributed by atoms with Gasteiger partial charge in [0.25, 0.3) is 0 Å². The van der Waals surface area contributed by atoms with Crippen LogP contribution in [0.15, 0.2) is 24.3 Å². The highest BCUT2D eigenvalue weighted by atomic mass is 16.3. The lowest BCUT2D eigenvalue weighted by Crippen LogP contribution is -2.56. The number of phenols is 1. The highest BCUT2D eigenvalue weighted by Crippen LogP contribution is 2.12. The molecule has 0 spiro atoms. The van der Waals surface area contributed by atoms with Crippen molar-refractivity contribution in [2.45, 2.75) is 43.8 Å². The number of nitrogens with two attached hydrogens (primary N) is 4. The summed E-state index contributed by atoms with van der Waals surface area (Å²) in [6, 6.07) is 2.18. The maximum absolute atomic E-state index is 12.7. The van der Waals surface area contributed by atoms with Crippen molar-refractivity contribution < 1.29 is 29.1 Å². The molecule has 0 aliphatic carbocycles. The van der Waals surface area contributed by atoms with Gasteiger partial charge in [0.05, 0.1) is 12.5 Å². The first-order valence-corrected chi connectivity index (χ1v) is 8.99.